The van der Waals surface area contributed by atoms with Gasteiger partial charge in [0.25, 0.3) is 0 Å². The van der Waals surface area contributed by atoms with Crippen molar-refractivity contribution in [2.75, 3.05) is 0 Å². The van der Waals surface area contributed by atoms with Gasteiger partial charge in [0.1, 0.15) is 0 Å². The Hall–Kier alpha value is -0.300. The van der Waals surface area contributed by atoms with E-state index in [2.05, 4.69) is 19.1 Å². The van der Waals surface area contributed by atoms with E-state index in [9.17, 15) is 5.11 Å². The van der Waals surface area contributed by atoms with Crippen molar-refractivity contribution in [1.82, 2.24) is 0 Å². The summed E-state index contributed by atoms with van der Waals surface area (Å²) in [6.45, 7) is 4.17. The molecule has 0 radical (unpaired) electrons. The van der Waals surface area contributed by atoms with Crippen LogP contribution in [0.25, 0.3) is 0 Å². The van der Waals surface area contributed by atoms with Gasteiger partial charge in [-0.3, -0.25) is 0 Å². The van der Waals surface area contributed by atoms with Crippen molar-refractivity contribution in [3.63, 3.8) is 0 Å². The zero-order valence-corrected chi connectivity index (χ0v) is 15.5. The molecular formula is C21H42O. The molecule has 0 fully saturated rings. The first-order valence-corrected chi connectivity index (χ1v) is 10.1. The SMILES string of the molecule is CCCCCCCC/C=C\CCCCCCCCCC(C)O. The molecule has 0 heterocycles. The summed E-state index contributed by atoms with van der Waals surface area (Å²) in [5.74, 6) is 0. The van der Waals surface area contributed by atoms with Gasteiger partial charge in [-0.2, -0.15) is 0 Å². The number of hydrogen-bond donors (Lipinski definition) is 1. The summed E-state index contributed by atoms with van der Waals surface area (Å²) in [7, 11) is 0. The average molecular weight is 311 g/mol. The Morgan fingerprint density at radius 3 is 1.50 bits per heavy atom. The number of aliphatic hydroxyl groups excluding tert-OH is 1. The van der Waals surface area contributed by atoms with Gasteiger partial charge in [-0.05, 0) is 39.0 Å². The molecule has 0 aromatic heterocycles. The van der Waals surface area contributed by atoms with Gasteiger partial charge in [-0.15, -0.1) is 0 Å². The largest absolute Gasteiger partial charge is 0.393 e. The first-order valence-electron chi connectivity index (χ1n) is 10.1. The molecule has 0 aliphatic heterocycles. The average Bonchev–Trinajstić information content (AvgIpc) is 2.50. The van der Waals surface area contributed by atoms with Crippen molar-refractivity contribution < 1.29 is 5.11 Å². The van der Waals surface area contributed by atoms with E-state index in [1.165, 1.54) is 96.3 Å². The number of aliphatic hydroxyl groups is 1. The quantitative estimate of drug-likeness (QED) is 0.223. The zero-order chi connectivity index (χ0) is 16.3. The number of hydrogen-bond acceptors (Lipinski definition) is 1. The van der Waals surface area contributed by atoms with Gasteiger partial charge >= 0.3 is 0 Å². The smallest absolute Gasteiger partial charge is 0.0512 e. The monoisotopic (exact) mass is 310 g/mol. The molecule has 1 N–H and O–H groups in total. The van der Waals surface area contributed by atoms with E-state index in [4.69, 9.17) is 0 Å². The fourth-order valence-electron chi connectivity index (χ4n) is 2.86. The Bertz CT molecular complexity index is 220. The summed E-state index contributed by atoms with van der Waals surface area (Å²) < 4.78 is 0. The van der Waals surface area contributed by atoms with Crippen LogP contribution in [0.3, 0.4) is 0 Å². The molecule has 0 rings (SSSR count). The van der Waals surface area contributed by atoms with E-state index in [0.29, 0.717) is 0 Å². The highest BCUT2D eigenvalue weighted by atomic mass is 16.3. The number of rotatable bonds is 17. The fraction of sp³-hybridized carbons (Fsp3) is 0.905. The molecule has 0 bridgehead atoms. The van der Waals surface area contributed by atoms with Crippen LogP contribution in [-0.4, -0.2) is 11.2 Å². The molecule has 0 saturated heterocycles. The van der Waals surface area contributed by atoms with Gasteiger partial charge < -0.3 is 5.11 Å². The zero-order valence-electron chi connectivity index (χ0n) is 15.5. The first kappa shape index (κ1) is 21.7. The van der Waals surface area contributed by atoms with Crippen molar-refractivity contribution in [3.8, 4) is 0 Å². The lowest BCUT2D eigenvalue weighted by Crippen LogP contribution is -1.98. The normalized spacial score (nSPS) is 13.0. The Kier molecular flexibility index (Phi) is 18.5. The van der Waals surface area contributed by atoms with Gasteiger partial charge in [0.15, 0.2) is 0 Å². The molecule has 0 aliphatic rings. The summed E-state index contributed by atoms with van der Waals surface area (Å²) >= 11 is 0. The molecule has 0 aromatic rings. The highest BCUT2D eigenvalue weighted by Gasteiger charge is 1.95. The van der Waals surface area contributed by atoms with Crippen molar-refractivity contribution >= 4 is 0 Å². The van der Waals surface area contributed by atoms with E-state index < -0.39 is 0 Å². The van der Waals surface area contributed by atoms with Crippen molar-refractivity contribution in [1.29, 1.82) is 0 Å². The minimum atomic E-state index is -0.108. The molecule has 1 nitrogen and oxygen atoms in total. The molecule has 0 spiro atoms. The van der Waals surface area contributed by atoms with Gasteiger partial charge in [-0.25, -0.2) is 0 Å². The molecule has 0 amide bonds. The topological polar surface area (TPSA) is 20.2 Å². The second kappa shape index (κ2) is 18.7. The van der Waals surface area contributed by atoms with Crippen LogP contribution in [0.2, 0.25) is 0 Å². The summed E-state index contributed by atoms with van der Waals surface area (Å²) in [4.78, 5) is 0. The summed E-state index contributed by atoms with van der Waals surface area (Å²) in [5.41, 5.74) is 0. The predicted octanol–water partition coefficient (Wildman–Crippen LogP) is 7.18. The Morgan fingerprint density at radius 2 is 1.05 bits per heavy atom. The third-order valence-corrected chi connectivity index (χ3v) is 4.38. The Morgan fingerprint density at radius 1 is 0.636 bits per heavy atom. The molecular weight excluding hydrogens is 268 g/mol. The van der Waals surface area contributed by atoms with Gasteiger partial charge in [0.2, 0.25) is 0 Å². The van der Waals surface area contributed by atoms with E-state index in [0.717, 1.165) is 6.42 Å². The summed E-state index contributed by atoms with van der Waals surface area (Å²) in [6.07, 6.45) is 26.0. The molecule has 0 saturated carbocycles. The predicted molar refractivity (Wildman–Crippen MR) is 100 cm³/mol. The van der Waals surface area contributed by atoms with Crippen LogP contribution in [0.15, 0.2) is 12.2 Å². The molecule has 132 valence electrons. The van der Waals surface area contributed by atoms with E-state index >= 15 is 0 Å². The molecule has 1 heteroatoms. The van der Waals surface area contributed by atoms with Crippen molar-refractivity contribution in [2.45, 2.75) is 123 Å². The van der Waals surface area contributed by atoms with Crippen LogP contribution in [0.5, 0.6) is 0 Å². The van der Waals surface area contributed by atoms with Crippen LogP contribution in [0.4, 0.5) is 0 Å². The second-order valence-electron chi connectivity index (χ2n) is 6.93. The minimum Gasteiger partial charge on any atom is -0.393 e. The van der Waals surface area contributed by atoms with Gasteiger partial charge in [0, 0.05) is 0 Å². The summed E-state index contributed by atoms with van der Waals surface area (Å²) in [5, 5.41) is 9.17. The van der Waals surface area contributed by atoms with Crippen molar-refractivity contribution in [2.24, 2.45) is 0 Å². The van der Waals surface area contributed by atoms with Crippen LogP contribution in [-0.2, 0) is 0 Å². The van der Waals surface area contributed by atoms with Crippen LogP contribution < -0.4 is 0 Å². The van der Waals surface area contributed by atoms with E-state index in [1.54, 1.807) is 0 Å². The third kappa shape index (κ3) is 19.7. The Labute approximate surface area is 140 Å². The van der Waals surface area contributed by atoms with Crippen molar-refractivity contribution in [3.05, 3.63) is 12.2 Å². The fourth-order valence-corrected chi connectivity index (χ4v) is 2.86. The highest BCUT2D eigenvalue weighted by Crippen LogP contribution is 2.11. The lowest BCUT2D eigenvalue weighted by molar-refractivity contribution is 0.180. The van der Waals surface area contributed by atoms with Gasteiger partial charge in [0.05, 0.1) is 6.10 Å². The molecule has 22 heavy (non-hydrogen) atoms. The first-order chi connectivity index (χ1) is 10.8. The van der Waals surface area contributed by atoms with Crippen LogP contribution in [0.1, 0.15) is 117 Å². The number of allylic oxidation sites excluding steroid dienone is 2. The third-order valence-electron chi connectivity index (χ3n) is 4.38. The van der Waals surface area contributed by atoms with E-state index in [-0.39, 0.29) is 6.10 Å². The summed E-state index contributed by atoms with van der Waals surface area (Å²) in [6, 6.07) is 0. The second-order valence-corrected chi connectivity index (χ2v) is 6.93. The molecule has 1 atom stereocenters. The maximum Gasteiger partial charge on any atom is 0.0512 e. The minimum absolute atomic E-state index is 0.108. The maximum absolute atomic E-state index is 9.17. The standard InChI is InChI=1S/C21H42O/c1-3-4-5-6-7-8-9-10-11-12-13-14-15-16-17-18-19-20-21(2)22/h10-11,21-22H,3-9,12-20H2,1-2H3/b11-10-. The lowest BCUT2D eigenvalue weighted by Gasteiger charge is -2.03. The van der Waals surface area contributed by atoms with Gasteiger partial charge in [-0.1, -0.05) is 89.7 Å². The Balaban J connectivity index is 3.05. The molecule has 1 unspecified atom stereocenters. The maximum atomic E-state index is 9.17. The van der Waals surface area contributed by atoms with E-state index in [1.807, 2.05) is 6.92 Å². The lowest BCUT2D eigenvalue weighted by atomic mass is 10.1. The van der Waals surface area contributed by atoms with Crippen LogP contribution >= 0.6 is 0 Å². The highest BCUT2D eigenvalue weighted by molar-refractivity contribution is 4.81. The molecule has 0 aliphatic carbocycles. The molecule has 0 aromatic carbocycles. The number of unbranched alkanes of at least 4 members (excludes halogenated alkanes) is 13. The van der Waals surface area contributed by atoms with Crippen LogP contribution in [0, 0.1) is 0 Å².